The van der Waals surface area contributed by atoms with Crippen LogP contribution in [0.15, 0.2) is 54.7 Å². The summed E-state index contributed by atoms with van der Waals surface area (Å²) in [7, 11) is 0. The molecule has 0 aliphatic rings. The van der Waals surface area contributed by atoms with Crippen LogP contribution in [0.5, 0.6) is 0 Å². The number of benzene rings is 2. The Morgan fingerprint density at radius 2 is 1.86 bits per heavy atom. The van der Waals surface area contributed by atoms with Crippen molar-refractivity contribution >= 4 is 23.7 Å². The van der Waals surface area contributed by atoms with Gasteiger partial charge in [-0.15, -0.1) is 0 Å². The number of amides is 2. The minimum atomic E-state index is -0.301. The Kier molecular flexibility index (Phi) is 5.98. The van der Waals surface area contributed by atoms with Crippen LogP contribution in [-0.4, -0.2) is 12.6 Å². The lowest BCUT2D eigenvalue weighted by molar-refractivity contribution is 0.244. The second-order valence-electron chi connectivity index (χ2n) is 4.63. The van der Waals surface area contributed by atoms with Crippen molar-refractivity contribution in [2.75, 3.05) is 6.54 Å². The summed E-state index contributed by atoms with van der Waals surface area (Å²) in [5.41, 5.74) is 1.80. The van der Waals surface area contributed by atoms with E-state index >= 15 is 0 Å². The lowest BCUT2D eigenvalue weighted by Crippen LogP contribution is -2.33. The van der Waals surface area contributed by atoms with E-state index in [1.807, 2.05) is 24.3 Å². The monoisotopic (exact) mass is 318 g/mol. The molecule has 22 heavy (non-hydrogen) atoms. The van der Waals surface area contributed by atoms with E-state index in [9.17, 15) is 9.18 Å². The molecule has 0 saturated carbocycles. The van der Waals surface area contributed by atoms with Gasteiger partial charge in [-0.1, -0.05) is 41.9 Å². The fourth-order valence-electron chi connectivity index (χ4n) is 1.85. The van der Waals surface area contributed by atoms with E-state index in [4.69, 9.17) is 11.6 Å². The third kappa shape index (κ3) is 5.22. The first-order valence-electron chi connectivity index (χ1n) is 6.85. The zero-order valence-electron chi connectivity index (χ0n) is 11.9. The summed E-state index contributed by atoms with van der Waals surface area (Å²) in [5.74, 6) is -0.289. The number of carbonyl (C=O) groups is 1. The molecule has 2 aromatic rings. The third-order valence-electron chi connectivity index (χ3n) is 3.00. The van der Waals surface area contributed by atoms with Gasteiger partial charge in [-0.05, 0) is 41.8 Å². The van der Waals surface area contributed by atoms with Crippen LogP contribution in [0.4, 0.5) is 9.18 Å². The Hall–Kier alpha value is -2.33. The number of urea groups is 1. The lowest BCUT2D eigenvalue weighted by Gasteiger charge is -2.06. The first kappa shape index (κ1) is 16.0. The van der Waals surface area contributed by atoms with E-state index < -0.39 is 0 Å². The quantitative estimate of drug-likeness (QED) is 0.860. The molecule has 114 valence electrons. The molecule has 0 unspecified atom stereocenters. The SMILES string of the molecule is O=C(N/C=C/c1ccc(F)cc1)NCCc1ccccc1Cl. The van der Waals surface area contributed by atoms with Crippen LogP contribution in [0, 0.1) is 5.82 Å². The van der Waals surface area contributed by atoms with Crippen LogP contribution in [0.3, 0.4) is 0 Å². The average Bonchev–Trinajstić information content (AvgIpc) is 2.51. The molecule has 0 spiro atoms. The zero-order valence-corrected chi connectivity index (χ0v) is 12.6. The molecule has 0 fully saturated rings. The minimum Gasteiger partial charge on any atom is -0.338 e. The van der Waals surface area contributed by atoms with Gasteiger partial charge in [-0.2, -0.15) is 0 Å². The van der Waals surface area contributed by atoms with Crippen LogP contribution >= 0.6 is 11.6 Å². The molecule has 0 radical (unpaired) electrons. The van der Waals surface area contributed by atoms with Crippen molar-refractivity contribution in [3.8, 4) is 0 Å². The lowest BCUT2D eigenvalue weighted by atomic mass is 10.1. The maximum absolute atomic E-state index is 12.7. The molecule has 5 heteroatoms. The molecule has 0 heterocycles. The topological polar surface area (TPSA) is 41.1 Å². The van der Waals surface area contributed by atoms with Gasteiger partial charge in [0.2, 0.25) is 0 Å². The van der Waals surface area contributed by atoms with Crippen LogP contribution in [0.1, 0.15) is 11.1 Å². The number of hydrogen-bond acceptors (Lipinski definition) is 1. The summed E-state index contributed by atoms with van der Waals surface area (Å²) in [6, 6.07) is 13.2. The van der Waals surface area contributed by atoms with Crippen molar-refractivity contribution in [2.45, 2.75) is 6.42 Å². The highest BCUT2D eigenvalue weighted by molar-refractivity contribution is 6.31. The van der Waals surface area contributed by atoms with Gasteiger partial charge in [0, 0.05) is 17.8 Å². The summed E-state index contributed by atoms with van der Waals surface area (Å²) >= 11 is 6.04. The van der Waals surface area contributed by atoms with Gasteiger partial charge >= 0.3 is 6.03 Å². The molecule has 0 aromatic heterocycles. The molecule has 0 aliphatic heterocycles. The van der Waals surface area contributed by atoms with Crippen molar-refractivity contribution < 1.29 is 9.18 Å². The number of carbonyl (C=O) groups excluding carboxylic acids is 1. The zero-order chi connectivity index (χ0) is 15.8. The molecular weight excluding hydrogens is 303 g/mol. The van der Waals surface area contributed by atoms with E-state index in [1.165, 1.54) is 18.3 Å². The highest BCUT2D eigenvalue weighted by atomic mass is 35.5. The predicted molar refractivity (Wildman–Crippen MR) is 87.1 cm³/mol. The maximum Gasteiger partial charge on any atom is 0.318 e. The minimum absolute atomic E-state index is 0.289. The second kappa shape index (κ2) is 8.20. The standard InChI is InChI=1S/C17H16ClFN2O/c18-16-4-2-1-3-14(16)10-12-21-17(22)20-11-9-13-5-7-15(19)8-6-13/h1-9,11H,10,12H2,(H2,20,21,22)/b11-9+. The summed E-state index contributed by atoms with van der Waals surface area (Å²) in [6.07, 6.45) is 3.86. The average molecular weight is 319 g/mol. The summed E-state index contributed by atoms with van der Waals surface area (Å²) in [4.78, 5) is 11.6. The van der Waals surface area contributed by atoms with E-state index in [0.717, 1.165) is 11.1 Å². The highest BCUT2D eigenvalue weighted by Crippen LogP contribution is 2.14. The predicted octanol–water partition coefficient (Wildman–Crippen LogP) is 3.99. The molecule has 0 atom stereocenters. The van der Waals surface area contributed by atoms with Crippen molar-refractivity contribution in [3.63, 3.8) is 0 Å². The molecule has 0 aliphatic carbocycles. The van der Waals surface area contributed by atoms with Crippen molar-refractivity contribution in [2.24, 2.45) is 0 Å². The van der Waals surface area contributed by atoms with Gasteiger partial charge in [0.25, 0.3) is 0 Å². The van der Waals surface area contributed by atoms with E-state index in [2.05, 4.69) is 10.6 Å². The molecule has 0 bridgehead atoms. The molecule has 2 amide bonds. The van der Waals surface area contributed by atoms with E-state index in [0.29, 0.717) is 18.0 Å². The van der Waals surface area contributed by atoms with E-state index in [1.54, 1.807) is 18.2 Å². The Balaban J connectivity index is 1.72. The first-order valence-corrected chi connectivity index (χ1v) is 7.23. The molecule has 2 aromatic carbocycles. The van der Waals surface area contributed by atoms with Gasteiger partial charge in [-0.25, -0.2) is 9.18 Å². The first-order chi connectivity index (χ1) is 10.6. The normalized spacial score (nSPS) is 10.6. The molecule has 0 saturated heterocycles. The number of halogens is 2. The second-order valence-corrected chi connectivity index (χ2v) is 5.03. The summed E-state index contributed by atoms with van der Waals surface area (Å²) in [6.45, 7) is 0.486. The van der Waals surface area contributed by atoms with Crippen molar-refractivity contribution in [1.82, 2.24) is 10.6 Å². The van der Waals surface area contributed by atoms with Gasteiger partial charge in [0.05, 0.1) is 0 Å². The Morgan fingerprint density at radius 1 is 1.14 bits per heavy atom. The Labute approximate surface area is 133 Å². The van der Waals surface area contributed by atoms with Crippen molar-refractivity contribution in [3.05, 3.63) is 76.7 Å². The largest absolute Gasteiger partial charge is 0.338 e. The Morgan fingerprint density at radius 3 is 2.59 bits per heavy atom. The van der Waals surface area contributed by atoms with Gasteiger partial charge in [-0.3, -0.25) is 0 Å². The Bertz CT molecular complexity index is 656. The summed E-state index contributed by atoms with van der Waals surface area (Å²) < 4.78 is 12.7. The molecule has 3 nitrogen and oxygen atoms in total. The smallest absolute Gasteiger partial charge is 0.318 e. The van der Waals surface area contributed by atoms with Gasteiger partial charge < -0.3 is 10.6 Å². The van der Waals surface area contributed by atoms with Gasteiger partial charge in [0.15, 0.2) is 0 Å². The fraction of sp³-hybridized carbons (Fsp3) is 0.118. The van der Waals surface area contributed by atoms with Crippen LogP contribution < -0.4 is 10.6 Å². The van der Waals surface area contributed by atoms with Crippen LogP contribution in [0.25, 0.3) is 6.08 Å². The van der Waals surface area contributed by atoms with Crippen LogP contribution in [0.2, 0.25) is 5.02 Å². The van der Waals surface area contributed by atoms with Crippen molar-refractivity contribution in [1.29, 1.82) is 0 Å². The number of hydrogen-bond donors (Lipinski definition) is 2. The fourth-order valence-corrected chi connectivity index (χ4v) is 2.08. The third-order valence-corrected chi connectivity index (χ3v) is 3.37. The summed E-state index contributed by atoms with van der Waals surface area (Å²) in [5, 5.41) is 6.02. The van der Waals surface area contributed by atoms with Crippen LogP contribution in [-0.2, 0) is 6.42 Å². The van der Waals surface area contributed by atoms with E-state index in [-0.39, 0.29) is 11.8 Å². The number of rotatable bonds is 5. The molecule has 2 rings (SSSR count). The maximum atomic E-state index is 12.7. The van der Waals surface area contributed by atoms with Gasteiger partial charge in [0.1, 0.15) is 5.82 Å². The molecule has 2 N–H and O–H groups in total. The highest BCUT2D eigenvalue weighted by Gasteiger charge is 2.00. The molecular formula is C17H16ClFN2O. The number of nitrogens with one attached hydrogen (secondary N) is 2.